The highest BCUT2D eigenvalue weighted by atomic mass is 19.1. The molecule has 0 aliphatic rings. The molecule has 0 amide bonds. The Morgan fingerprint density at radius 2 is 2.05 bits per heavy atom. The molecule has 1 atom stereocenters. The first-order valence-electron chi connectivity index (χ1n) is 6.98. The zero-order valence-corrected chi connectivity index (χ0v) is 12.3. The number of aromatic nitrogens is 4. The van der Waals surface area contributed by atoms with E-state index in [0.717, 1.165) is 12.1 Å². The van der Waals surface area contributed by atoms with Gasteiger partial charge in [-0.05, 0) is 48.9 Å². The van der Waals surface area contributed by atoms with Gasteiger partial charge in [0, 0.05) is 11.6 Å². The van der Waals surface area contributed by atoms with Crippen molar-refractivity contribution in [2.75, 3.05) is 0 Å². The van der Waals surface area contributed by atoms with Crippen LogP contribution in [0.15, 0.2) is 18.2 Å². The van der Waals surface area contributed by atoms with Crippen LogP contribution in [0.3, 0.4) is 0 Å². The molecule has 0 spiro atoms. The van der Waals surface area contributed by atoms with Crippen LogP contribution in [0.1, 0.15) is 50.7 Å². The topological polar surface area (TPSA) is 55.6 Å². The van der Waals surface area contributed by atoms with Gasteiger partial charge in [0.05, 0.1) is 12.6 Å². The lowest BCUT2D eigenvalue weighted by atomic mass is 10.0. The van der Waals surface area contributed by atoms with Crippen LogP contribution in [0.5, 0.6) is 0 Å². The summed E-state index contributed by atoms with van der Waals surface area (Å²) in [6, 6.07) is 3.33. The number of hydrogen-bond acceptors (Lipinski definition) is 4. The molecule has 5 nitrogen and oxygen atoms in total. The summed E-state index contributed by atoms with van der Waals surface area (Å²) in [6.07, 6.45) is 0.629. The Morgan fingerprint density at radius 3 is 2.71 bits per heavy atom. The molecule has 0 fully saturated rings. The van der Waals surface area contributed by atoms with Crippen molar-refractivity contribution >= 4 is 0 Å². The SMILES string of the molecule is CCC(NCc1nnnn1C(C)C)c1cc(F)ccc1F. The summed E-state index contributed by atoms with van der Waals surface area (Å²) in [6.45, 7) is 6.25. The Balaban J connectivity index is 2.12. The Kier molecular flexibility index (Phi) is 4.95. The van der Waals surface area contributed by atoms with E-state index < -0.39 is 11.6 Å². The molecule has 0 saturated carbocycles. The van der Waals surface area contributed by atoms with Gasteiger partial charge in [-0.2, -0.15) is 0 Å². The molecule has 0 saturated heterocycles. The highest BCUT2D eigenvalue weighted by Gasteiger charge is 2.16. The van der Waals surface area contributed by atoms with Gasteiger partial charge in [-0.15, -0.1) is 5.10 Å². The fourth-order valence-corrected chi connectivity index (χ4v) is 2.20. The van der Waals surface area contributed by atoms with E-state index in [4.69, 9.17) is 0 Å². The number of tetrazole rings is 1. The molecule has 2 rings (SSSR count). The number of hydrogen-bond donors (Lipinski definition) is 1. The van der Waals surface area contributed by atoms with E-state index in [9.17, 15) is 8.78 Å². The Hall–Kier alpha value is -1.89. The number of nitrogens with one attached hydrogen (secondary N) is 1. The van der Waals surface area contributed by atoms with Gasteiger partial charge in [-0.1, -0.05) is 6.92 Å². The first kappa shape index (κ1) is 15.5. The van der Waals surface area contributed by atoms with Crippen molar-refractivity contribution in [3.05, 3.63) is 41.2 Å². The quantitative estimate of drug-likeness (QED) is 0.890. The van der Waals surface area contributed by atoms with Crippen LogP contribution in [0.25, 0.3) is 0 Å². The number of rotatable bonds is 6. The molecule has 1 aromatic heterocycles. The minimum Gasteiger partial charge on any atom is -0.303 e. The van der Waals surface area contributed by atoms with Crippen molar-refractivity contribution in [1.29, 1.82) is 0 Å². The van der Waals surface area contributed by atoms with Crippen molar-refractivity contribution in [2.24, 2.45) is 0 Å². The van der Waals surface area contributed by atoms with Crippen LogP contribution < -0.4 is 5.32 Å². The fourth-order valence-electron chi connectivity index (χ4n) is 2.20. The normalized spacial score (nSPS) is 12.9. The second-order valence-corrected chi connectivity index (χ2v) is 5.14. The highest BCUT2D eigenvalue weighted by Crippen LogP contribution is 2.21. The third-order valence-corrected chi connectivity index (χ3v) is 3.30. The van der Waals surface area contributed by atoms with E-state index in [2.05, 4.69) is 20.8 Å². The fraction of sp³-hybridized carbons (Fsp3) is 0.500. The minimum absolute atomic E-state index is 0.141. The van der Waals surface area contributed by atoms with Crippen LogP contribution in [0.2, 0.25) is 0 Å². The Bertz CT molecular complexity index is 597. The smallest absolute Gasteiger partial charge is 0.165 e. The van der Waals surface area contributed by atoms with Crippen molar-refractivity contribution < 1.29 is 8.78 Å². The molecule has 1 unspecified atom stereocenters. The molecule has 0 bridgehead atoms. The second-order valence-electron chi connectivity index (χ2n) is 5.14. The van der Waals surface area contributed by atoms with Gasteiger partial charge in [0.2, 0.25) is 0 Å². The summed E-state index contributed by atoms with van der Waals surface area (Å²) in [5.41, 5.74) is 0.320. The van der Waals surface area contributed by atoms with Gasteiger partial charge in [0.1, 0.15) is 11.6 Å². The summed E-state index contributed by atoms with van der Waals surface area (Å²) in [5.74, 6) is -0.196. The molecule has 114 valence electrons. The van der Waals surface area contributed by atoms with E-state index >= 15 is 0 Å². The summed E-state index contributed by atoms with van der Waals surface area (Å²) in [7, 11) is 0. The van der Waals surface area contributed by atoms with Gasteiger partial charge in [-0.3, -0.25) is 0 Å². The third kappa shape index (κ3) is 3.60. The molecule has 21 heavy (non-hydrogen) atoms. The van der Waals surface area contributed by atoms with Gasteiger partial charge >= 0.3 is 0 Å². The predicted octanol–water partition coefficient (Wildman–Crippen LogP) is 2.77. The Morgan fingerprint density at radius 1 is 1.29 bits per heavy atom. The maximum atomic E-state index is 13.8. The van der Waals surface area contributed by atoms with Crippen molar-refractivity contribution in [3.8, 4) is 0 Å². The molecule has 2 aromatic rings. The van der Waals surface area contributed by atoms with Gasteiger partial charge in [0.25, 0.3) is 0 Å². The number of halogens is 2. The highest BCUT2D eigenvalue weighted by molar-refractivity contribution is 5.22. The van der Waals surface area contributed by atoms with Gasteiger partial charge in [0.15, 0.2) is 5.82 Å². The van der Waals surface area contributed by atoms with Crippen molar-refractivity contribution in [3.63, 3.8) is 0 Å². The molecular formula is C14H19F2N5. The van der Waals surface area contributed by atoms with E-state index in [1.807, 2.05) is 20.8 Å². The number of nitrogens with zero attached hydrogens (tertiary/aromatic N) is 4. The maximum Gasteiger partial charge on any atom is 0.165 e. The van der Waals surface area contributed by atoms with Crippen LogP contribution in [-0.2, 0) is 6.54 Å². The third-order valence-electron chi connectivity index (χ3n) is 3.30. The average molecular weight is 295 g/mol. The molecule has 0 aliphatic heterocycles. The van der Waals surface area contributed by atoms with Gasteiger partial charge < -0.3 is 5.32 Å². The number of benzene rings is 1. The predicted molar refractivity (Wildman–Crippen MR) is 74.4 cm³/mol. The summed E-state index contributed by atoms with van der Waals surface area (Å²) < 4.78 is 28.8. The molecule has 1 heterocycles. The first-order chi connectivity index (χ1) is 10.0. The van der Waals surface area contributed by atoms with Crippen molar-refractivity contribution in [2.45, 2.75) is 45.8 Å². The van der Waals surface area contributed by atoms with E-state index in [-0.39, 0.29) is 12.1 Å². The molecule has 7 heteroatoms. The first-order valence-corrected chi connectivity index (χ1v) is 6.98. The van der Waals surface area contributed by atoms with E-state index in [1.54, 1.807) is 4.68 Å². The standard InChI is InChI=1S/C14H19F2N5/c1-4-13(11-7-10(15)5-6-12(11)16)17-8-14-18-19-20-21(14)9(2)3/h5-7,9,13,17H,4,8H2,1-3H3. The largest absolute Gasteiger partial charge is 0.303 e. The minimum atomic E-state index is -0.446. The van der Waals surface area contributed by atoms with E-state index in [1.165, 1.54) is 6.07 Å². The lowest BCUT2D eigenvalue weighted by molar-refractivity contribution is 0.443. The van der Waals surface area contributed by atoms with E-state index in [0.29, 0.717) is 24.4 Å². The molecule has 1 aromatic carbocycles. The molecular weight excluding hydrogens is 276 g/mol. The molecule has 0 radical (unpaired) electrons. The Labute approximate surface area is 122 Å². The molecule has 1 N–H and O–H groups in total. The van der Waals surface area contributed by atoms with Gasteiger partial charge in [-0.25, -0.2) is 13.5 Å². The zero-order valence-electron chi connectivity index (χ0n) is 12.3. The second kappa shape index (κ2) is 6.71. The monoisotopic (exact) mass is 295 g/mol. The average Bonchev–Trinajstić information content (AvgIpc) is 2.92. The van der Waals surface area contributed by atoms with Crippen molar-refractivity contribution in [1.82, 2.24) is 25.5 Å². The lowest BCUT2D eigenvalue weighted by Gasteiger charge is -2.18. The summed E-state index contributed by atoms with van der Waals surface area (Å²) in [5, 5.41) is 14.7. The van der Waals surface area contributed by atoms with Crippen LogP contribution in [0, 0.1) is 11.6 Å². The van der Waals surface area contributed by atoms with Crippen LogP contribution >= 0.6 is 0 Å². The van der Waals surface area contributed by atoms with Crippen LogP contribution in [0.4, 0.5) is 8.78 Å². The molecule has 0 aliphatic carbocycles. The lowest BCUT2D eigenvalue weighted by Crippen LogP contribution is -2.24. The van der Waals surface area contributed by atoms with Crippen LogP contribution in [-0.4, -0.2) is 20.2 Å². The zero-order chi connectivity index (χ0) is 15.4. The summed E-state index contributed by atoms with van der Waals surface area (Å²) in [4.78, 5) is 0. The maximum absolute atomic E-state index is 13.8. The summed E-state index contributed by atoms with van der Waals surface area (Å²) >= 11 is 0.